The highest BCUT2D eigenvalue weighted by Gasteiger charge is 2.33. The highest BCUT2D eigenvalue weighted by atomic mass is 16.3. The fourth-order valence-electron chi connectivity index (χ4n) is 4.27. The molecule has 1 amide bonds. The van der Waals surface area contributed by atoms with Gasteiger partial charge in [0.15, 0.2) is 0 Å². The lowest BCUT2D eigenvalue weighted by molar-refractivity contribution is -0.144. The summed E-state index contributed by atoms with van der Waals surface area (Å²) in [7, 11) is 0. The third-order valence-electron chi connectivity index (χ3n) is 5.78. The minimum atomic E-state index is -0.792. The van der Waals surface area contributed by atoms with Crippen molar-refractivity contribution in [1.29, 1.82) is 0 Å². The summed E-state index contributed by atoms with van der Waals surface area (Å²) in [5.74, 6) is 1.68. The zero-order chi connectivity index (χ0) is 17.1. The number of aliphatic hydroxyl groups excluding tert-OH is 1. The first-order valence-corrected chi connectivity index (χ1v) is 9.57. The van der Waals surface area contributed by atoms with Gasteiger partial charge in [-0.3, -0.25) is 4.79 Å². The second kappa shape index (κ2) is 7.68. The molecule has 1 aliphatic carbocycles. The van der Waals surface area contributed by atoms with Crippen LogP contribution in [-0.4, -0.2) is 44.7 Å². The number of carbonyl (C=O) groups is 1. The van der Waals surface area contributed by atoms with Gasteiger partial charge in [0.25, 0.3) is 5.91 Å². The minimum Gasteiger partial charge on any atom is -0.383 e. The second-order valence-electron chi connectivity index (χ2n) is 7.73. The Morgan fingerprint density at radius 3 is 2.46 bits per heavy atom. The minimum absolute atomic E-state index is 0.0486. The number of imidazole rings is 1. The van der Waals surface area contributed by atoms with Crippen LogP contribution < -0.4 is 0 Å². The average Bonchev–Trinajstić information content (AvgIpc) is 3.11. The van der Waals surface area contributed by atoms with Crippen molar-refractivity contribution in [3.8, 4) is 0 Å². The summed E-state index contributed by atoms with van der Waals surface area (Å²) in [5.41, 5.74) is 0. The number of hydrogen-bond acceptors (Lipinski definition) is 3. The molecule has 134 valence electrons. The van der Waals surface area contributed by atoms with Gasteiger partial charge < -0.3 is 14.6 Å². The number of nitrogens with zero attached hydrogens (tertiary/aromatic N) is 3. The van der Waals surface area contributed by atoms with Gasteiger partial charge in [-0.2, -0.15) is 0 Å². The summed E-state index contributed by atoms with van der Waals surface area (Å²) in [6.45, 7) is 5.81. The van der Waals surface area contributed by atoms with E-state index in [9.17, 15) is 9.90 Å². The van der Waals surface area contributed by atoms with E-state index in [0.29, 0.717) is 12.0 Å². The van der Waals surface area contributed by atoms with Crippen LogP contribution in [0.15, 0.2) is 12.4 Å². The maximum Gasteiger partial charge on any atom is 0.251 e. The van der Waals surface area contributed by atoms with E-state index in [-0.39, 0.29) is 11.8 Å². The number of aromatic nitrogens is 2. The van der Waals surface area contributed by atoms with Gasteiger partial charge in [-0.25, -0.2) is 4.98 Å². The highest BCUT2D eigenvalue weighted by molar-refractivity contribution is 5.81. The molecule has 3 rings (SSSR count). The topological polar surface area (TPSA) is 58.4 Å². The second-order valence-corrected chi connectivity index (χ2v) is 7.73. The molecule has 1 aromatic rings. The number of carbonyl (C=O) groups excluding carboxylic acids is 1. The Kier molecular flexibility index (Phi) is 5.59. The number of rotatable bonds is 4. The summed E-state index contributed by atoms with van der Waals surface area (Å²) < 4.78 is 2.24. The van der Waals surface area contributed by atoms with E-state index in [1.54, 1.807) is 0 Å². The number of piperidine rings is 1. The van der Waals surface area contributed by atoms with Crippen molar-refractivity contribution >= 4 is 5.91 Å². The molecular formula is C19H31N3O2. The van der Waals surface area contributed by atoms with Crippen LogP contribution in [0.4, 0.5) is 0 Å². The normalized spacial score (nSPS) is 22.1. The Labute approximate surface area is 145 Å². The quantitative estimate of drug-likeness (QED) is 0.921. The van der Waals surface area contributed by atoms with Crippen LogP contribution in [0.3, 0.4) is 0 Å². The number of hydrogen-bond donors (Lipinski definition) is 1. The van der Waals surface area contributed by atoms with Crippen molar-refractivity contribution in [3.63, 3.8) is 0 Å². The molecule has 24 heavy (non-hydrogen) atoms. The SMILES string of the molecule is CC(C)n1ccnc1C1CCN(C(=O)[C@H](O)C2CCCCC2)CC1. The molecular weight excluding hydrogens is 302 g/mol. The van der Waals surface area contributed by atoms with Crippen molar-refractivity contribution in [2.75, 3.05) is 13.1 Å². The van der Waals surface area contributed by atoms with Crippen LogP contribution in [-0.2, 0) is 4.79 Å². The zero-order valence-corrected chi connectivity index (χ0v) is 15.0. The lowest BCUT2D eigenvalue weighted by Gasteiger charge is -2.35. The highest BCUT2D eigenvalue weighted by Crippen LogP contribution is 2.31. The van der Waals surface area contributed by atoms with Gasteiger partial charge in [-0.05, 0) is 45.4 Å². The molecule has 0 radical (unpaired) electrons. The smallest absolute Gasteiger partial charge is 0.251 e. The lowest BCUT2D eigenvalue weighted by atomic mass is 9.84. The van der Waals surface area contributed by atoms with Crippen molar-refractivity contribution in [2.24, 2.45) is 5.92 Å². The molecule has 0 bridgehead atoms. The van der Waals surface area contributed by atoms with Crippen LogP contribution in [0.1, 0.15) is 76.6 Å². The summed E-state index contributed by atoms with van der Waals surface area (Å²) in [5, 5.41) is 10.5. The maximum absolute atomic E-state index is 12.6. The number of amides is 1. The first-order chi connectivity index (χ1) is 11.6. The van der Waals surface area contributed by atoms with E-state index in [2.05, 4.69) is 23.4 Å². The molecule has 1 saturated heterocycles. The largest absolute Gasteiger partial charge is 0.383 e. The van der Waals surface area contributed by atoms with Crippen LogP contribution in [0.2, 0.25) is 0 Å². The predicted molar refractivity (Wildman–Crippen MR) is 93.7 cm³/mol. The molecule has 1 atom stereocenters. The molecule has 5 nitrogen and oxygen atoms in total. The summed E-state index contributed by atoms with van der Waals surface area (Å²) >= 11 is 0. The van der Waals surface area contributed by atoms with E-state index in [0.717, 1.165) is 57.4 Å². The van der Waals surface area contributed by atoms with E-state index in [1.807, 2.05) is 17.3 Å². The molecule has 1 saturated carbocycles. The number of likely N-dealkylation sites (tertiary alicyclic amines) is 1. The lowest BCUT2D eigenvalue weighted by Crippen LogP contribution is -2.46. The molecule has 1 aliphatic heterocycles. The van der Waals surface area contributed by atoms with Crippen molar-refractivity contribution < 1.29 is 9.90 Å². The van der Waals surface area contributed by atoms with E-state index in [4.69, 9.17) is 0 Å². The van der Waals surface area contributed by atoms with Gasteiger partial charge in [0, 0.05) is 37.4 Å². The van der Waals surface area contributed by atoms with Crippen LogP contribution in [0.25, 0.3) is 0 Å². The summed E-state index contributed by atoms with van der Waals surface area (Å²) in [6.07, 6.45) is 10.5. The monoisotopic (exact) mass is 333 g/mol. The Bertz CT molecular complexity index is 541. The summed E-state index contributed by atoms with van der Waals surface area (Å²) in [6, 6.07) is 0.412. The number of aliphatic hydroxyl groups is 1. The Balaban J connectivity index is 1.56. The third kappa shape index (κ3) is 3.66. The standard InChI is InChI=1S/C19H31N3O2/c1-14(2)22-13-10-20-18(22)16-8-11-21(12-9-16)19(24)17(23)15-6-4-3-5-7-15/h10,13-17,23H,3-9,11-12H2,1-2H3/t17-/m1/s1. The zero-order valence-electron chi connectivity index (χ0n) is 15.0. The first-order valence-electron chi connectivity index (χ1n) is 9.57. The van der Waals surface area contributed by atoms with Crippen LogP contribution >= 0.6 is 0 Å². The van der Waals surface area contributed by atoms with Crippen molar-refractivity contribution in [3.05, 3.63) is 18.2 Å². The Morgan fingerprint density at radius 2 is 1.83 bits per heavy atom. The van der Waals surface area contributed by atoms with Crippen molar-refractivity contribution in [1.82, 2.24) is 14.5 Å². The van der Waals surface area contributed by atoms with Crippen molar-refractivity contribution in [2.45, 2.75) is 76.9 Å². The fourth-order valence-corrected chi connectivity index (χ4v) is 4.27. The van der Waals surface area contributed by atoms with E-state index in [1.165, 1.54) is 6.42 Å². The van der Waals surface area contributed by atoms with Gasteiger partial charge in [-0.15, -0.1) is 0 Å². The van der Waals surface area contributed by atoms with Gasteiger partial charge >= 0.3 is 0 Å². The van der Waals surface area contributed by atoms with Gasteiger partial charge in [0.05, 0.1) is 0 Å². The molecule has 2 heterocycles. The average molecular weight is 333 g/mol. The van der Waals surface area contributed by atoms with E-state index >= 15 is 0 Å². The predicted octanol–water partition coefficient (Wildman–Crippen LogP) is 3.11. The molecule has 0 aromatic carbocycles. The Hall–Kier alpha value is -1.36. The van der Waals surface area contributed by atoms with Gasteiger partial charge in [0.2, 0.25) is 0 Å². The van der Waals surface area contributed by atoms with Crippen LogP contribution in [0, 0.1) is 5.92 Å². The first kappa shape index (κ1) is 17.5. The summed E-state index contributed by atoms with van der Waals surface area (Å²) in [4.78, 5) is 19.0. The maximum atomic E-state index is 12.6. The molecule has 2 fully saturated rings. The van der Waals surface area contributed by atoms with Gasteiger partial charge in [0.1, 0.15) is 11.9 Å². The van der Waals surface area contributed by atoms with Gasteiger partial charge in [-0.1, -0.05) is 19.3 Å². The molecule has 1 aromatic heterocycles. The Morgan fingerprint density at radius 1 is 1.17 bits per heavy atom. The third-order valence-corrected chi connectivity index (χ3v) is 5.78. The molecule has 5 heteroatoms. The molecule has 2 aliphatic rings. The van der Waals surface area contributed by atoms with E-state index < -0.39 is 6.10 Å². The fraction of sp³-hybridized carbons (Fsp3) is 0.789. The van der Waals surface area contributed by atoms with Crippen LogP contribution in [0.5, 0.6) is 0 Å². The molecule has 0 unspecified atom stereocenters. The molecule has 1 N–H and O–H groups in total. The molecule has 0 spiro atoms.